The lowest BCUT2D eigenvalue weighted by Crippen LogP contribution is -2.30. The van der Waals surface area contributed by atoms with Gasteiger partial charge in [0.25, 0.3) is 0 Å². The second kappa shape index (κ2) is 19.0. The van der Waals surface area contributed by atoms with E-state index in [1.54, 1.807) is 6.92 Å². The molecular weight excluding hydrogens is 454 g/mol. The molecule has 0 spiro atoms. The predicted molar refractivity (Wildman–Crippen MR) is 152 cm³/mol. The number of ketones is 1. The molecule has 2 aromatic carbocycles. The number of nitrogens with zero attached hydrogens (tertiary/aromatic N) is 1. The van der Waals surface area contributed by atoms with Gasteiger partial charge in [-0.05, 0) is 39.4 Å². The number of rotatable bonds is 9. The van der Waals surface area contributed by atoms with Gasteiger partial charge in [-0.25, -0.2) is 0 Å². The first-order chi connectivity index (χ1) is 16.9. The molecule has 2 atom stereocenters. The fraction of sp³-hybridized carbons (Fsp3) is 0.483. The highest BCUT2D eigenvalue weighted by atomic mass is 32.2. The van der Waals surface area contributed by atoms with Crippen molar-refractivity contribution in [1.82, 2.24) is 10.6 Å². The zero-order chi connectivity index (χ0) is 26.7. The van der Waals surface area contributed by atoms with E-state index in [0.29, 0.717) is 21.9 Å². The highest BCUT2D eigenvalue weighted by molar-refractivity contribution is 7.78. The van der Waals surface area contributed by atoms with Crippen LogP contribution in [0.4, 0.5) is 0 Å². The van der Waals surface area contributed by atoms with Crippen LogP contribution in [0.1, 0.15) is 59.1 Å². The third-order valence-corrected chi connectivity index (χ3v) is 7.28. The number of carbonyl (C=O) groups is 1. The average molecular weight is 503 g/mol. The Kier molecular flexibility index (Phi) is 17.7. The standard InChI is InChI=1S/C17H25N2O2S.C7H8.C3H9N.C2H6/c1-4-11-18-17(14(3)20)16-12-19(16,5-2)22(21)13-15-9-7-6-8-10-15;1-7-5-3-2-4-6-7;1-3-4-2;1-2/h6-10,18H,4-5,11-13H2,1-3H3;2-6H,1H3;4H,3H2,1-2H3;1-2H3/q+1;;;/b17-16-;;;. The summed E-state index contributed by atoms with van der Waals surface area (Å²) in [6.07, 6.45) is 0.962. The number of allylic oxidation sites excluding steroid dienone is 1. The Balaban J connectivity index is 0.000000730. The number of nitrogens with one attached hydrogen (secondary N) is 2. The van der Waals surface area contributed by atoms with E-state index >= 15 is 0 Å². The van der Waals surface area contributed by atoms with Gasteiger partial charge in [0, 0.05) is 13.5 Å². The summed E-state index contributed by atoms with van der Waals surface area (Å²) in [4.78, 5) is 11.9. The van der Waals surface area contributed by atoms with Crippen LogP contribution in [0.25, 0.3) is 0 Å². The minimum atomic E-state index is -1.06. The lowest BCUT2D eigenvalue weighted by molar-refractivity contribution is -0.632. The first kappa shape index (κ1) is 32.7. The maximum Gasteiger partial charge on any atom is 0.216 e. The fourth-order valence-corrected chi connectivity index (χ4v) is 4.80. The Bertz CT molecular complexity index is 883. The van der Waals surface area contributed by atoms with Crippen molar-refractivity contribution in [2.24, 2.45) is 0 Å². The molecule has 1 fully saturated rings. The molecule has 5 nitrogen and oxygen atoms in total. The molecule has 2 unspecified atom stereocenters. The molecule has 35 heavy (non-hydrogen) atoms. The van der Waals surface area contributed by atoms with E-state index < -0.39 is 11.0 Å². The van der Waals surface area contributed by atoms with Crippen molar-refractivity contribution in [1.29, 1.82) is 0 Å². The molecule has 0 amide bonds. The molecule has 0 bridgehead atoms. The van der Waals surface area contributed by atoms with Gasteiger partial charge in [-0.1, -0.05) is 93.9 Å². The third-order valence-electron chi connectivity index (χ3n) is 5.31. The van der Waals surface area contributed by atoms with Crippen LogP contribution in [0, 0.1) is 6.92 Å². The summed E-state index contributed by atoms with van der Waals surface area (Å²) in [5, 5.41) is 6.15. The van der Waals surface area contributed by atoms with Gasteiger partial charge in [-0.15, -0.1) is 0 Å². The number of hydrogen-bond acceptors (Lipinski definition) is 4. The highest BCUT2D eigenvalue weighted by Crippen LogP contribution is 2.40. The van der Waals surface area contributed by atoms with Gasteiger partial charge in [0.1, 0.15) is 11.4 Å². The van der Waals surface area contributed by atoms with E-state index in [4.69, 9.17) is 0 Å². The zero-order valence-corrected chi connectivity index (χ0v) is 24.0. The summed E-state index contributed by atoms with van der Waals surface area (Å²) in [6, 6.07) is 20.1. The number of Topliss-reactive ketones (excluding diaryl/α,β-unsaturated/α-hetero) is 1. The summed E-state index contributed by atoms with van der Waals surface area (Å²) in [6.45, 7) is 17.1. The molecule has 0 aliphatic carbocycles. The lowest BCUT2D eigenvalue weighted by atomic mass is 10.2. The molecule has 1 saturated heterocycles. The molecule has 1 aliphatic heterocycles. The minimum Gasteiger partial charge on any atom is -0.377 e. The number of aryl methyl sites for hydroxylation is 1. The predicted octanol–water partition coefficient (Wildman–Crippen LogP) is 5.75. The summed E-state index contributed by atoms with van der Waals surface area (Å²) in [7, 11) is 0.875. The van der Waals surface area contributed by atoms with Crippen LogP contribution in [0.3, 0.4) is 0 Å². The fourth-order valence-electron chi connectivity index (χ4n) is 3.19. The second-order valence-electron chi connectivity index (χ2n) is 7.98. The SMILES string of the molecule is CC.CCCN/C(C(C)=O)=C1/C[N+]1(CC)S(=O)Cc1ccccc1.CCNC.Cc1ccccc1. The Morgan fingerprint density at radius 1 is 0.971 bits per heavy atom. The van der Waals surface area contributed by atoms with Crippen LogP contribution in [-0.2, 0) is 21.5 Å². The maximum absolute atomic E-state index is 12.8. The first-order valence-corrected chi connectivity index (χ1v) is 14.1. The van der Waals surface area contributed by atoms with Crippen LogP contribution in [0.5, 0.6) is 0 Å². The molecule has 2 aromatic rings. The molecule has 1 heterocycles. The molecular formula is C29H48N3O2S+. The van der Waals surface area contributed by atoms with Gasteiger partial charge >= 0.3 is 0 Å². The van der Waals surface area contributed by atoms with Gasteiger partial charge < -0.3 is 10.6 Å². The maximum atomic E-state index is 12.8. The molecule has 2 N–H and O–H groups in total. The molecule has 1 aliphatic rings. The van der Waals surface area contributed by atoms with Crippen LogP contribution < -0.4 is 10.6 Å². The smallest absolute Gasteiger partial charge is 0.216 e. The van der Waals surface area contributed by atoms with E-state index in [-0.39, 0.29) is 5.78 Å². The van der Waals surface area contributed by atoms with Crippen LogP contribution in [-0.4, -0.2) is 47.1 Å². The molecule has 3 rings (SSSR count). The highest BCUT2D eigenvalue weighted by Gasteiger charge is 2.57. The second-order valence-corrected chi connectivity index (χ2v) is 9.61. The van der Waals surface area contributed by atoms with E-state index in [1.165, 1.54) is 5.56 Å². The number of quaternary nitrogens is 1. The largest absolute Gasteiger partial charge is 0.377 e. The van der Waals surface area contributed by atoms with Gasteiger partial charge in [0.15, 0.2) is 12.3 Å². The van der Waals surface area contributed by atoms with Crippen molar-refractivity contribution in [2.45, 2.75) is 60.6 Å². The summed E-state index contributed by atoms with van der Waals surface area (Å²) >= 11 is 0. The average Bonchev–Trinajstić information content (AvgIpc) is 3.62. The van der Waals surface area contributed by atoms with Gasteiger partial charge in [0.05, 0.1) is 6.54 Å². The number of benzene rings is 2. The lowest BCUT2D eigenvalue weighted by Gasteiger charge is -2.14. The van der Waals surface area contributed by atoms with Crippen LogP contribution in [0.15, 0.2) is 72.1 Å². The first-order valence-electron chi connectivity index (χ1n) is 12.8. The Hall–Kier alpha value is -2.28. The topological polar surface area (TPSA) is 58.2 Å². The minimum absolute atomic E-state index is 0.0358. The number of likely N-dealkylation sites (N-methyl/N-ethyl adjacent to an activating group) is 1. The van der Waals surface area contributed by atoms with Gasteiger partial charge in [0.2, 0.25) is 16.7 Å². The van der Waals surface area contributed by atoms with Gasteiger partial charge in [-0.3, -0.25) is 4.79 Å². The third kappa shape index (κ3) is 11.8. The molecule has 0 aromatic heterocycles. The molecule has 6 heteroatoms. The number of hydrogen-bond donors (Lipinski definition) is 2. The zero-order valence-electron chi connectivity index (χ0n) is 23.2. The van der Waals surface area contributed by atoms with E-state index in [0.717, 1.165) is 37.3 Å². The van der Waals surface area contributed by atoms with Crippen LogP contribution >= 0.6 is 0 Å². The summed E-state index contributed by atoms with van der Waals surface area (Å²) in [5.41, 5.74) is 4.06. The van der Waals surface area contributed by atoms with Crippen molar-refractivity contribution in [3.05, 3.63) is 83.2 Å². The number of carbonyl (C=O) groups excluding carboxylic acids is 1. The Morgan fingerprint density at radius 3 is 1.86 bits per heavy atom. The monoisotopic (exact) mass is 502 g/mol. The van der Waals surface area contributed by atoms with E-state index in [2.05, 4.69) is 43.5 Å². The Morgan fingerprint density at radius 2 is 1.49 bits per heavy atom. The van der Waals surface area contributed by atoms with Crippen LogP contribution in [0.2, 0.25) is 0 Å². The van der Waals surface area contributed by atoms with E-state index in [9.17, 15) is 9.00 Å². The van der Waals surface area contributed by atoms with Gasteiger partial charge in [-0.2, -0.15) is 8.10 Å². The molecule has 0 saturated carbocycles. The summed E-state index contributed by atoms with van der Waals surface area (Å²) in [5.74, 6) is 0.561. The van der Waals surface area contributed by atoms with Crippen molar-refractivity contribution in [3.63, 3.8) is 0 Å². The molecule has 0 radical (unpaired) electrons. The van der Waals surface area contributed by atoms with Crippen molar-refractivity contribution >= 4 is 16.8 Å². The molecule has 196 valence electrons. The van der Waals surface area contributed by atoms with E-state index in [1.807, 2.05) is 76.3 Å². The van der Waals surface area contributed by atoms with Crippen molar-refractivity contribution < 1.29 is 12.9 Å². The van der Waals surface area contributed by atoms with Crippen molar-refractivity contribution in [3.8, 4) is 0 Å². The quantitative estimate of drug-likeness (QED) is 0.260. The van der Waals surface area contributed by atoms with Crippen molar-refractivity contribution in [2.75, 3.05) is 33.2 Å². The summed E-state index contributed by atoms with van der Waals surface area (Å²) < 4.78 is 13.3. The normalized spacial score (nSPS) is 17.7. The Labute approximate surface area is 217 Å².